The largest absolute Gasteiger partial charge is 0.399 e. The molecule has 0 aliphatic carbocycles. The van der Waals surface area contributed by atoms with Crippen LogP contribution >= 0.6 is 23.2 Å². The van der Waals surface area contributed by atoms with Crippen LogP contribution in [0.5, 0.6) is 0 Å². The number of nitrogens with one attached hydrogen (secondary N) is 1. The summed E-state index contributed by atoms with van der Waals surface area (Å²) >= 11 is 12.1. The molecule has 0 aliphatic rings. The zero-order valence-corrected chi connectivity index (χ0v) is 10.8. The number of halogens is 2. The molecule has 17 heavy (non-hydrogen) atoms. The Balaban J connectivity index is 2.34. The highest BCUT2D eigenvalue weighted by molar-refractivity contribution is 6.33. The van der Waals surface area contributed by atoms with E-state index >= 15 is 0 Å². The van der Waals surface area contributed by atoms with Crippen LogP contribution in [0.15, 0.2) is 36.4 Å². The quantitative estimate of drug-likeness (QED) is 0.778. The molecular weight excluding hydrogens is 255 g/mol. The molecule has 0 aromatic heterocycles. The number of hydrogen-bond donors (Lipinski definition) is 2. The molecule has 0 saturated heterocycles. The van der Waals surface area contributed by atoms with Crippen molar-refractivity contribution in [2.75, 3.05) is 11.1 Å². The van der Waals surface area contributed by atoms with Crippen molar-refractivity contribution in [1.82, 2.24) is 0 Å². The van der Waals surface area contributed by atoms with Gasteiger partial charge >= 0.3 is 0 Å². The number of nitrogens with two attached hydrogens (primary N) is 1. The Labute approximate surface area is 110 Å². The molecule has 0 atom stereocenters. The Hall–Kier alpha value is -1.38. The van der Waals surface area contributed by atoms with Crippen LogP contribution in [0, 0.1) is 6.92 Å². The highest BCUT2D eigenvalue weighted by Crippen LogP contribution is 2.29. The molecule has 0 amide bonds. The number of nitrogen functional groups attached to an aromatic ring is 1. The Morgan fingerprint density at radius 1 is 1.00 bits per heavy atom. The van der Waals surface area contributed by atoms with Gasteiger partial charge in [-0.2, -0.15) is 0 Å². The van der Waals surface area contributed by atoms with Gasteiger partial charge in [0.1, 0.15) is 0 Å². The van der Waals surface area contributed by atoms with E-state index in [4.69, 9.17) is 28.9 Å². The Morgan fingerprint density at radius 3 is 2.47 bits per heavy atom. The lowest BCUT2D eigenvalue weighted by Gasteiger charge is -2.11. The first kappa shape index (κ1) is 12.1. The number of aryl methyl sites for hydroxylation is 1. The molecular formula is C13H12Cl2N2. The molecule has 0 bridgehead atoms. The average Bonchev–Trinajstić information content (AvgIpc) is 2.27. The summed E-state index contributed by atoms with van der Waals surface area (Å²) in [5.41, 5.74) is 9.13. The third-order valence-electron chi connectivity index (χ3n) is 2.46. The van der Waals surface area contributed by atoms with Crippen molar-refractivity contribution >= 4 is 40.3 Å². The zero-order valence-electron chi connectivity index (χ0n) is 9.30. The van der Waals surface area contributed by atoms with Gasteiger partial charge in [0, 0.05) is 16.4 Å². The summed E-state index contributed by atoms with van der Waals surface area (Å²) in [4.78, 5) is 0. The lowest BCUT2D eigenvalue weighted by Crippen LogP contribution is -1.95. The molecule has 0 heterocycles. The van der Waals surface area contributed by atoms with Gasteiger partial charge in [0.25, 0.3) is 0 Å². The summed E-state index contributed by atoms with van der Waals surface area (Å²) < 4.78 is 0. The fourth-order valence-corrected chi connectivity index (χ4v) is 1.92. The molecule has 0 fully saturated rings. The van der Waals surface area contributed by atoms with Gasteiger partial charge < -0.3 is 11.1 Å². The number of benzene rings is 2. The van der Waals surface area contributed by atoms with Crippen LogP contribution in [0.25, 0.3) is 0 Å². The van der Waals surface area contributed by atoms with E-state index in [2.05, 4.69) is 5.32 Å². The Morgan fingerprint density at radius 2 is 1.76 bits per heavy atom. The summed E-state index contributed by atoms with van der Waals surface area (Å²) in [6, 6.07) is 11.0. The number of rotatable bonds is 2. The third-order valence-corrected chi connectivity index (χ3v) is 3.01. The molecule has 2 aromatic carbocycles. The summed E-state index contributed by atoms with van der Waals surface area (Å²) in [7, 11) is 0. The van der Waals surface area contributed by atoms with E-state index in [1.165, 1.54) is 0 Å². The average molecular weight is 267 g/mol. The molecule has 88 valence electrons. The van der Waals surface area contributed by atoms with Gasteiger partial charge in [0.05, 0.1) is 10.7 Å². The second kappa shape index (κ2) is 4.86. The predicted molar refractivity (Wildman–Crippen MR) is 75.3 cm³/mol. The maximum atomic E-state index is 6.10. The van der Waals surface area contributed by atoms with E-state index in [0.717, 1.165) is 16.9 Å². The van der Waals surface area contributed by atoms with Gasteiger partial charge in [-0.15, -0.1) is 0 Å². The number of anilines is 3. The topological polar surface area (TPSA) is 38.0 Å². The molecule has 2 aromatic rings. The highest BCUT2D eigenvalue weighted by atomic mass is 35.5. The van der Waals surface area contributed by atoms with E-state index in [9.17, 15) is 0 Å². The molecule has 0 aliphatic heterocycles. The standard InChI is InChI=1S/C13H12Cl2N2/c1-8-2-3-9(14)6-13(8)17-12-5-4-10(16)7-11(12)15/h2-7,17H,16H2,1H3. The fourth-order valence-electron chi connectivity index (χ4n) is 1.51. The van der Waals surface area contributed by atoms with Crippen LogP contribution in [0.3, 0.4) is 0 Å². The van der Waals surface area contributed by atoms with Crippen molar-refractivity contribution in [3.05, 3.63) is 52.0 Å². The van der Waals surface area contributed by atoms with Crippen molar-refractivity contribution in [2.24, 2.45) is 0 Å². The molecule has 3 N–H and O–H groups in total. The minimum Gasteiger partial charge on any atom is -0.399 e. The van der Waals surface area contributed by atoms with E-state index in [-0.39, 0.29) is 0 Å². The second-order valence-corrected chi connectivity index (χ2v) is 4.67. The SMILES string of the molecule is Cc1ccc(Cl)cc1Nc1ccc(N)cc1Cl. The van der Waals surface area contributed by atoms with Gasteiger partial charge in [0.15, 0.2) is 0 Å². The first-order valence-corrected chi connectivity index (χ1v) is 5.90. The first-order valence-electron chi connectivity index (χ1n) is 5.14. The zero-order chi connectivity index (χ0) is 12.4. The lowest BCUT2D eigenvalue weighted by atomic mass is 10.2. The Kier molecular flexibility index (Phi) is 3.46. The van der Waals surface area contributed by atoms with E-state index in [1.54, 1.807) is 12.1 Å². The first-order chi connectivity index (χ1) is 8.06. The minimum absolute atomic E-state index is 0.587. The van der Waals surface area contributed by atoms with Crippen molar-refractivity contribution in [2.45, 2.75) is 6.92 Å². The number of hydrogen-bond acceptors (Lipinski definition) is 2. The van der Waals surface area contributed by atoms with E-state index < -0.39 is 0 Å². The van der Waals surface area contributed by atoms with Crippen molar-refractivity contribution in [3.8, 4) is 0 Å². The smallest absolute Gasteiger partial charge is 0.0661 e. The second-order valence-electron chi connectivity index (χ2n) is 3.82. The predicted octanol–water partition coefficient (Wildman–Crippen LogP) is 4.63. The van der Waals surface area contributed by atoms with Crippen LogP contribution < -0.4 is 11.1 Å². The van der Waals surface area contributed by atoms with Gasteiger partial charge in [-0.1, -0.05) is 29.3 Å². The summed E-state index contributed by atoms with van der Waals surface area (Å²) in [6.45, 7) is 2.00. The van der Waals surface area contributed by atoms with Crippen molar-refractivity contribution in [3.63, 3.8) is 0 Å². The molecule has 4 heteroatoms. The van der Waals surface area contributed by atoms with Gasteiger partial charge in [-0.25, -0.2) is 0 Å². The molecule has 0 spiro atoms. The van der Waals surface area contributed by atoms with Crippen LogP contribution in [0.1, 0.15) is 5.56 Å². The maximum Gasteiger partial charge on any atom is 0.0661 e. The molecule has 2 rings (SSSR count). The highest BCUT2D eigenvalue weighted by Gasteiger charge is 2.04. The van der Waals surface area contributed by atoms with Crippen molar-refractivity contribution in [1.29, 1.82) is 0 Å². The normalized spacial score (nSPS) is 10.3. The van der Waals surface area contributed by atoms with Crippen LogP contribution in [-0.4, -0.2) is 0 Å². The Bertz CT molecular complexity index is 553. The van der Waals surface area contributed by atoms with Crippen LogP contribution in [-0.2, 0) is 0 Å². The molecule has 0 saturated carbocycles. The van der Waals surface area contributed by atoms with Gasteiger partial charge in [-0.3, -0.25) is 0 Å². The summed E-state index contributed by atoms with van der Waals surface area (Å²) in [5, 5.41) is 4.51. The molecule has 2 nitrogen and oxygen atoms in total. The van der Waals surface area contributed by atoms with Gasteiger partial charge in [0.2, 0.25) is 0 Å². The molecule has 0 unspecified atom stereocenters. The van der Waals surface area contributed by atoms with Crippen LogP contribution in [0.2, 0.25) is 10.0 Å². The summed E-state index contributed by atoms with van der Waals surface area (Å²) in [5.74, 6) is 0. The van der Waals surface area contributed by atoms with Crippen LogP contribution in [0.4, 0.5) is 17.1 Å². The summed E-state index contributed by atoms with van der Waals surface area (Å²) in [6.07, 6.45) is 0. The lowest BCUT2D eigenvalue weighted by molar-refractivity contribution is 1.43. The van der Waals surface area contributed by atoms with Gasteiger partial charge in [-0.05, 0) is 42.8 Å². The van der Waals surface area contributed by atoms with E-state index in [0.29, 0.717) is 15.7 Å². The molecule has 0 radical (unpaired) electrons. The minimum atomic E-state index is 0.587. The maximum absolute atomic E-state index is 6.10. The third kappa shape index (κ3) is 2.84. The monoisotopic (exact) mass is 266 g/mol. The van der Waals surface area contributed by atoms with Crippen molar-refractivity contribution < 1.29 is 0 Å². The van der Waals surface area contributed by atoms with E-state index in [1.807, 2.05) is 31.2 Å². The fraction of sp³-hybridized carbons (Fsp3) is 0.0769.